The highest BCUT2D eigenvalue weighted by Crippen LogP contribution is 2.30. The molecule has 1 fully saturated rings. The number of rotatable bonds is 8. The van der Waals surface area contributed by atoms with Gasteiger partial charge in [0, 0.05) is 0 Å². The zero-order valence-corrected chi connectivity index (χ0v) is 12.0. The summed E-state index contributed by atoms with van der Waals surface area (Å²) >= 11 is 2.05. The summed E-state index contributed by atoms with van der Waals surface area (Å²) in [6.45, 7) is 7.12. The van der Waals surface area contributed by atoms with Gasteiger partial charge in [-0.2, -0.15) is 11.8 Å². The van der Waals surface area contributed by atoms with Crippen LogP contribution in [0.2, 0.25) is 0 Å². The first-order chi connectivity index (χ1) is 7.83. The van der Waals surface area contributed by atoms with E-state index in [1.54, 1.807) is 0 Å². The Morgan fingerprint density at radius 1 is 1.25 bits per heavy atom. The van der Waals surface area contributed by atoms with Crippen LogP contribution in [-0.4, -0.2) is 24.6 Å². The van der Waals surface area contributed by atoms with Gasteiger partial charge < -0.3 is 5.32 Å². The van der Waals surface area contributed by atoms with Crippen LogP contribution >= 0.6 is 11.8 Å². The van der Waals surface area contributed by atoms with Gasteiger partial charge in [0.15, 0.2) is 0 Å². The van der Waals surface area contributed by atoms with E-state index in [-0.39, 0.29) is 0 Å². The molecule has 0 aliphatic heterocycles. The van der Waals surface area contributed by atoms with Crippen molar-refractivity contribution in [2.75, 3.05) is 24.6 Å². The fraction of sp³-hybridized carbons (Fsp3) is 1.00. The normalized spacial score (nSPS) is 25.9. The van der Waals surface area contributed by atoms with Crippen molar-refractivity contribution in [1.82, 2.24) is 5.32 Å². The van der Waals surface area contributed by atoms with Gasteiger partial charge in [0.05, 0.1) is 0 Å². The fourth-order valence-corrected chi connectivity index (χ4v) is 3.33. The Bertz CT molecular complexity index is 161. The van der Waals surface area contributed by atoms with Crippen LogP contribution in [0.3, 0.4) is 0 Å². The molecule has 0 amide bonds. The lowest BCUT2D eigenvalue weighted by molar-refractivity contribution is 0.268. The van der Waals surface area contributed by atoms with Gasteiger partial charge in [-0.25, -0.2) is 0 Å². The number of hydrogen-bond acceptors (Lipinski definition) is 2. The minimum Gasteiger partial charge on any atom is -0.317 e. The van der Waals surface area contributed by atoms with Gasteiger partial charge in [0.2, 0.25) is 0 Å². The van der Waals surface area contributed by atoms with E-state index in [4.69, 9.17) is 0 Å². The van der Waals surface area contributed by atoms with E-state index >= 15 is 0 Å². The topological polar surface area (TPSA) is 12.0 Å². The van der Waals surface area contributed by atoms with E-state index in [9.17, 15) is 0 Å². The van der Waals surface area contributed by atoms with Gasteiger partial charge in [-0.3, -0.25) is 0 Å². The maximum Gasteiger partial charge on any atom is -0.00411 e. The van der Waals surface area contributed by atoms with Gasteiger partial charge in [0.25, 0.3) is 0 Å². The molecule has 2 atom stereocenters. The summed E-state index contributed by atoms with van der Waals surface area (Å²) in [6, 6.07) is 0. The Hall–Kier alpha value is 0.310. The van der Waals surface area contributed by atoms with Crippen LogP contribution in [0, 0.1) is 11.8 Å². The highest BCUT2D eigenvalue weighted by atomic mass is 32.2. The lowest BCUT2D eigenvalue weighted by Gasteiger charge is -2.26. The summed E-state index contributed by atoms with van der Waals surface area (Å²) in [5.74, 6) is 4.59. The predicted octanol–water partition coefficient (Wildman–Crippen LogP) is 3.94. The smallest absolute Gasteiger partial charge is 0.00411 e. The highest BCUT2D eigenvalue weighted by Gasteiger charge is 2.17. The Morgan fingerprint density at radius 3 is 2.88 bits per heavy atom. The molecule has 0 heterocycles. The highest BCUT2D eigenvalue weighted by molar-refractivity contribution is 7.99. The Morgan fingerprint density at radius 2 is 2.12 bits per heavy atom. The molecule has 1 saturated carbocycles. The third-order valence-corrected chi connectivity index (χ3v) is 4.61. The molecule has 0 aromatic rings. The van der Waals surface area contributed by atoms with Gasteiger partial charge >= 0.3 is 0 Å². The van der Waals surface area contributed by atoms with Gasteiger partial charge in [-0.1, -0.05) is 33.1 Å². The molecule has 2 unspecified atom stereocenters. The van der Waals surface area contributed by atoms with E-state index in [1.165, 1.54) is 63.1 Å². The SMILES string of the molecule is CCSCCCNCCC1CCCC(C)C1. The van der Waals surface area contributed by atoms with E-state index in [0.29, 0.717) is 0 Å². The molecule has 0 aromatic carbocycles. The lowest BCUT2D eigenvalue weighted by Crippen LogP contribution is -2.22. The first-order valence-corrected chi connectivity index (χ1v) is 8.26. The van der Waals surface area contributed by atoms with Crippen LogP contribution in [0.15, 0.2) is 0 Å². The summed E-state index contributed by atoms with van der Waals surface area (Å²) in [6.07, 6.45) is 8.65. The molecular weight excluding hydrogens is 214 g/mol. The molecule has 1 rings (SSSR count). The quantitative estimate of drug-likeness (QED) is 0.648. The standard InChI is InChI=1S/C14H29NS/c1-3-16-11-5-9-15-10-8-14-7-4-6-13(2)12-14/h13-15H,3-12H2,1-2H3. The average molecular weight is 243 g/mol. The van der Waals surface area contributed by atoms with E-state index in [0.717, 1.165) is 11.8 Å². The number of nitrogens with one attached hydrogen (secondary N) is 1. The maximum absolute atomic E-state index is 3.59. The Balaban J connectivity index is 1.86. The van der Waals surface area contributed by atoms with E-state index in [2.05, 4.69) is 30.9 Å². The summed E-state index contributed by atoms with van der Waals surface area (Å²) in [5.41, 5.74) is 0. The molecule has 0 spiro atoms. The van der Waals surface area contributed by atoms with Crippen LogP contribution in [0.4, 0.5) is 0 Å². The van der Waals surface area contributed by atoms with Crippen molar-refractivity contribution in [2.45, 2.75) is 52.4 Å². The van der Waals surface area contributed by atoms with Crippen molar-refractivity contribution in [3.63, 3.8) is 0 Å². The van der Waals surface area contributed by atoms with Crippen LogP contribution in [-0.2, 0) is 0 Å². The van der Waals surface area contributed by atoms with E-state index in [1.807, 2.05) is 0 Å². The van der Waals surface area contributed by atoms with Crippen LogP contribution in [0.1, 0.15) is 52.4 Å². The fourth-order valence-electron chi connectivity index (χ4n) is 2.70. The second-order valence-corrected chi connectivity index (χ2v) is 6.62. The molecule has 0 saturated heterocycles. The first-order valence-electron chi connectivity index (χ1n) is 7.11. The molecule has 1 N–H and O–H groups in total. The third-order valence-electron chi connectivity index (χ3n) is 3.62. The van der Waals surface area contributed by atoms with E-state index < -0.39 is 0 Å². The van der Waals surface area contributed by atoms with Crippen molar-refractivity contribution in [3.8, 4) is 0 Å². The number of hydrogen-bond donors (Lipinski definition) is 1. The zero-order chi connectivity index (χ0) is 11.6. The van der Waals surface area contributed by atoms with Crippen molar-refractivity contribution in [2.24, 2.45) is 11.8 Å². The van der Waals surface area contributed by atoms with Crippen molar-refractivity contribution < 1.29 is 0 Å². The van der Waals surface area contributed by atoms with Gasteiger partial charge in [-0.15, -0.1) is 0 Å². The van der Waals surface area contributed by atoms with Crippen LogP contribution in [0.5, 0.6) is 0 Å². The average Bonchev–Trinajstić information content (AvgIpc) is 2.28. The summed E-state index contributed by atoms with van der Waals surface area (Å²) < 4.78 is 0. The first kappa shape index (κ1) is 14.4. The monoisotopic (exact) mass is 243 g/mol. The molecule has 0 aromatic heterocycles. The van der Waals surface area contributed by atoms with Crippen LogP contribution in [0.25, 0.3) is 0 Å². The second kappa shape index (κ2) is 9.35. The summed E-state index contributed by atoms with van der Waals surface area (Å²) in [5, 5.41) is 3.59. The largest absolute Gasteiger partial charge is 0.317 e. The Kier molecular flexibility index (Phi) is 8.40. The Labute approximate surface area is 106 Å². The molecule has 0 radical (unpaired) electrons. The van der Waals surface area contributed by atoms with Gasteiger partial charge in [-0.05, 0) is 55.7 Å². The molecule has 96 valence electrons. The third kappa shape index (κ3) is 6.80. The van der Waals surface area contributed by atoms with Gasteiger partial charge in [0.1, 0.15) is 0 Å². The maximum atomic E-state index is 3.59. The molecule has 1 nitrogen and oxygen atoms in total. The molecular formula is C14H29NS. The summed E-state index contributed by atoms with van der Waals surface area (Å²) in [4.78, 5) is 0. The molecule has 1 aliphatic rings. The number of thioether (sulfide) groups is 1. The molecule has 1 aliphatic carbocycles. The molecule has 0 bridgehead atoms. The van der Waals surface area contributed by atoms with Crippen LogP contribution < -0.4 is 5.32 Å². The summed E-state index contributed by atoms with van der Waals surface area (Å²) in [7, 11) is 0. The van der Waals surface area contributed by atoms with Crippen molar-refractivity contribution in [3.05, 3.63) is 0 Å². The van der Waals surface area contributed by atoms with Crippen molar-refractivity contribution >= 4 is 11.8 Å². The predicted molar refractivity (Wildman–Crippen MR) is 76.2 cm³/mol. The minimum atomic E-state index is 0.986. The molecule has 2 heteroatoms. The second-order valence-electron chi connectivity index (χ2n) is 5.23. The zero-order valence-electron chi connectivity index (χ0n) is 11.1. The van der Waals surface area contributed by atoms with Crippen molar-refractivity contribution in [1.29, 1.82) is 0 Å². The molecule has 16 heavy (non-hydrogen) atoms. The minimum absolute atomic E-state index is 0.986. The lowest BCUT2D eigenvalue weighted by atomic mass is 9.81.